The molecule has 9 heavy (non-hydrogen) atoms. The fraction of sp³-hybridized carbons (Fsp3) is 0.714. The zero-order chi connectivity index (χ0) is 7.11. The summed E-state index contributed by atoms with van der Waals surface area (Å²) < 4.78 is 10.0. The first-order valence-corrected chi connectivity index (χ1v) is 3.22. The molecule has 0 aromatic carbocycles. The van der Waals surface area contributed by atoms with Crippen LogP contribution >= 0.6 is 0 Å². The second kappa shape index (κ2) is 5.48. The largest absolute Gasteiger partial charge is 0.498 e. The van der Waals surface area contributed by atoms with Gasteiger partial charge in [0.2, 0.25) is 0 Å². The van der Waals surface area contributed by atoms with Crippen LogP contribution in [0.1, 0.15) is 20.8 Å². The zero-order valence-corrected chi connectivity index (χ0v) is 6.31. The molecule has 0 aromatic heterocycles. The fourth-order valence-corrected chi connectivity index (χ4v) is 0.462. The summed E-state index contributed by atoms with van der Waals surface area (Å²) in [5.41, 5.74) is 0. The number of ether oxygens (including phenoxy) is 2. The van der Waals surface area contributed by atoms with Gasteiger partial charge in [-0.1, -0.05) is 0 Å². The summed E-state index contributed by atoms with van der Waals surface area (Å²) in [5, 5.41) is 0. The van der Waals surface area contributed by atoms with Crippen molar-refractivity contribution in [2.24, 2.45) is 0 Å². The highest BCUT2D eigenvalue weighted by atomic mass is 16.5. The third-order valence-corrected chi connectivity index (χ3v) is 0.788. The summed E-state index contributed by atoms with van der Waals surface area (Å²) in [4.78, 5) is 0. The van der Waals surface area contributed by atoms with Gasteiger partial charge in [-0.2, -0.15) is 0 Å². The highest BCUT2D eigenvalue weighted by Gasteiger charge is 1.83. The summed E-state index contributed by atoms with van der Waals surface area (Å²) in [6.45, 7) is 7.16. The quantitative estimate of drug-likeness (QED) is 0.541. The molecule has 0 radical (unpaired) electrons. The predicted molar refractivity (Wildman–Crippen MR) is 37.0 cm³/mol. The van der Waals surface area contributed by atoms with E-state index in [4.69, 9.17) is 9.47 Å². The van der Waals surface area contributed by atoms with Crippen molar-refractivity contribution in [3.05, 3.63) is 12.0 Å². The summed E-state index contributed by atoms with van der Waals surface area (Å²) >= 11 is 0. The van der Waals surface area contributed by atoms with Gasteiger partial charge < -0.3 is 9.47 Å². The number of rotatable bonds is 4. The third-order valence-electron chi connectivity index (χ3n) is 0.788. The normalized spacial score (nSPS) is 11.2. The molecular weight excluding hydrogens is 116 g/mol. The molecule has 0 fully saturated rings. The van der Waals surface area contributed by atoms with E-state index in [1.54, 1.807) is 6.26 Å². The van der Waals surface area contributed by atoms with Crippen molar-refractivity contribution in [1.29, 1.82) is 0 Å². The first-order chi connectivity index (χ1) is 4.31. The van der Waals surface area contributed by atoms with Crippen LogP contribution < -0.4 is 0 Å². The number of allylic oxidation sites excluding steroid dienone is 1. The Kier molecular flexibility index (Phi) is 5.07. The molecule has 0 spiro atoms. The highest BCUT2D eigenvalue weighted by Crippen LogP contribution is 1.93. The molecule has 0 N–H and O–H groups in total. The van der Waals surface area contributed by atoms with E-state index in [0.29, 0.717) is 13.2 Å². The maximum Gasteiger partial charge on any atom is 0.127 e. The summed E-state index contributed by atoms with van der Waals surface area (Å²) in [6, 6.07) is 0. The monoisotopic (exact) mass is 130 g/mol. The summed E-state index contributed by atoms with van der Waals surface area (Å²) in [6.07, 6.45) is 1.63. The molecule has 0 amide bonds. The minimum absolute atomic E-state index is 0.699. The van der Waals surface area contributed by atoms with E-state index >= 15 is 0 Å². The van der Waals surface area contributed by atoms with Gasteiger partial charge in [0.1, 0.15) is 12.0 Å². The van der Waals surface area contributed by atoms with Crippen LogP contribution in [0.2, 0.25) is 0 Å². The Labute approximate surface area is 56.5 Å². The molecule has 0 aliphatic heterocycles. The lowest BCUT2D eigenvalue weighted by atomic mass is 10.6. The third kappa shape index (κ3) is 5.21. The van der Waals surface area contributed by atoms with Crippen molar-refractivity contribution in [1.82, 2.24) is 0 Å². The van der Waals surface area contributed by atoms with Crippen LogP contribution in [0.15, 0.2) is 12.0 Å². The van der Waals surface area contributed by atoms with Gasteiger partial charge in [-0.05, 0) is 20.8 Å². The molecule has 54 valence electrons. The first-order valence-electron chi connectivity index (χ1n) is 3.22. The molecule has 2 heteroatoms. The zero-order valence-electron chi connectivity index (χ0n) is 6.31. The average Bonchev–Trinajstić information content (AvgIpc) is 1.85. The Hall–Kier alpha value is -0.660. The smallest absolute Gasteiger partial charge is 0.127 e. The van der Waals surface area contributed by atoms with E-state index in [-0.39, 0.29) is 0 Å². The lowest BCUT2D eigenvalue weighted by molar-refractivity contribution is 0.193. The molecule has 0 aromatic rings. The van der Waals surface area contributed by atoms with E-state index in [9.17, 15) is 0 Å². The van der Waals surface area contributed by atoms with Gasteiger partial charge in [0, 0.05) is 0 Å². The van der Waals surface area contributed by atoms with Gasteiger partial charge in [-0.25, -0.2) is 0 Å². The molecule has 0 saturated heterocycles. The molecule has 0 rings (SSSR count). The number of hydrogen-bond acceptors (Lipinski definition) is 2. The summed E-state index contributed by atoms with van der Waals surface area (Å²) in [7, 11) is 0. The molecule has 0 saturated carbocycles. The molecule has 0 aliphatic rings. The lowest BCUT2D eigenvalue weighted by Crippen LogP contribution is -1.88. The Morgan fingerprint density at radius 2 is 2.00 bits per heavy atom. The van der Waals surface area contributed by atoms with E-state index in [0.717, 1.165) is 5.76 Å². The molecule has 0 aliphatic carbocycles. The van der Waals surface area contributed by atoms with Crippen molar-refractivity contribution in [2.45, 2.75) is 20.8 Å². The molecular formula is C7H14O2. The van der Waals surface area contributed by atoms with Crippen LogP contribution in [0.5, 0.6) is 0 Å². The van der Waals surface area contributed by atoms with Crippen LogP contribution in [0.4, 0.5) is 0 Å². The van der Waals surface area contributed by atoms with E-state index < -0.39 is 0 Å². The van der Waals surface area contributed by atoms with Crippen LogP contribution in [0.25, 0.3) is 0 Å². The fourth-order valence-electron chi connectivity index (χ4n) is 0.462. The van der Waals surface area contributed by atoms with Crippen molar-refractivity contribution < 1.29 is 9.47 Å². The SMILES string of the molecule is CCOC=C(C)OCC. The maximum absolute atomic E-state index is 5.08. The topological polar surface area (TPSA) is 18.5 Å². The minimum Gasteiger partial charge on any atom is -0.498 e. The Bertz CT molecular complexity index is 86.9. The van der Waals surface area contributed by atoms with E-state index in [1.807, 2.05) is 20.8 Å². The summed E-state index contributed by atoms with van der Waals surface area (Å²) in [5.74, 6) is 0.833. The highest BCUT2D eigenvalue weighted by molar-refractivity contribution is 4.80. The van der Waals surface area contributed by atoms with Crippen LogP contribution in [-0.2, 0) is 9.47 Å². The standard InChI is InChI=1S/C7H14O2/c1-4-8-6-7(3)9-5-2/h6H,4-5H2,1-3H3. The minimum atomic E-state index is 0.699. The second-order valence-corrected chi connectivity index (χ2v) is 1.62. The van der Waals surface area contributed by atoms with Gasteiger partial charge in [-0.15, -0.1) is 0 Å². The molecule has 0 bridgehead atoms. The Balaban J connectivity index is 3.30. The Morgan fingerprint density at radius 1 is 1.33 bits per heavy atom. The number of hydrogen-bond donors (Lipinski definition) is 0. The van der Waals surface area contributed by atoms with Crippen LogP contribution in [0, 0.1) is 0 Å². The van der Waals surface area contributed by atoms with Gasteiger partial charge in [-0.3, -0.25) is 0 Å². The molecule has 0 heterocycles. The predicted octanol–water partition coefficient (Wildman–Crippen LogP) is 1.92. The van der Waals surface area contributed by atoms with E-state index in [2.05, 4.69) is 0 Å². The van der Waals surface area contributed by atoms with Crippen LogP contribution in [-0.4, -0.2) is 13.2 Å². The lowest BCUT2D eigenvalue weighted by Gasteiger charge is -2.01. The molecule has 2 nitrogen and oxygen atoms in total. The van der Waals surface area contributed by atoms with Gasteiger partial charge in [0.15, 0.2) is 0 Å². The van der Waals surface area contributed by atoms with Crippen molar-refractivity contribution in [3.8, 4) is 0 Å². The average molecular weight is 130 g/mol. The van der Waals surface area contributed by atoms with E-state index in [1.165, 1.54) is 0 Å². The second-order valence-electron chi connectivity index (χ2n) is 1.62. The maximum atomic E-state index is 5.08. The Morgan fingerprint density at radius 3 is 2.44 bits per heavy atom. The van der Waals surface area contributed by atoms with Gasteiger partial charge in [0.25, 0.3) is 0 Å². The van der Waals surface area contributed by atoms with Crippen LogP contribution in [0.3, 0.4) is 0 Å². The van der Waals surface area contributed by atoms with Crippen molar-refractivity contribution in [3.63, 3.8) is 0 Å². The van der Waals surface area contributed by atoms with Crippen molar-refractivity contribution in [2.75, 3.05) is 13.2 Å². The molecule has 0 unspecified atom stereocenters. The molecule has 0 atom stereocenters. The van der Waals surface area contributed by atoms with Gasteiger partial charge in [0.05, 0.1) is 13.2 Å². The first kappa shape index (κ1) is 8.34. The van der Waals surface area contributed by atoms with Crippen molar-refractivity contribution >= 4 is 0 Å². The van der Waals surface area contributed by atoms with Gasteiger partial charge >= 0.3 is 0 Å².